The normalized spacial score (nSPS) is 21.0. The van der Waals surface area contributed by atoms with Gasteiger partial charge in [-0.15, -0.1) is 0 Å². The summed E-state index contributed by atoms with van der Waals surface area (Å²) in [5.74, 6) is -0.223. The van der Waals surface area contributed by atoms with Crippen molar-refractivity contribution in [3.63, 3.8) is 0 Å². The van der Waals surface area contributed by atoms with Gasteiger partial charge in [0.1, 0.15) is 0 Å². The molecule has 1 N–H and O–H groups in total. The lowest BCUT2D eigenvalue weighted by molar-refractivity contribution is -0.130. The lowest BCUT2D eigenvalue weighted by atomic mass is 10.0. The van der Waals surface area contributed by atoms with E-state index < -0.39 is 0 Å². The Hall–Kier alpha value is -1.89. The van der Waals surface area contributed by atoms with Crippen molar-refractivity contribution in [2.45, 2.75) is 45.2 Å². The van der Waals surface area contributed by atoms with Gasteiger partial charge in [-0.25, -0.2) is 0 Å². The lowest BCUT2D eigenvalue weighted by Crippen LogP contribution is -2.48. The number of benzene rings is 1. The fraction of sp³-hybridized carbons (Fsp3) is 0.550. The van der Waals surface area contributed by atoms with Crippen LogP contribution in [0.2, 0.25) is 0 Å². The summed E-state index contributed by atoms with van der Waals surface area (Å²) < 4.78 is 0.886. The van der Waals surface area contributed by atoms with Crippen LogP contribution >= 0.6 is 15.9 Å². The Morgan fingerprint density at radius 3 is 2.52 bits per heavy atom. The van der Waals surface area contributed by atoms with Gasteiger partial charge < -0.3 is 15.1 Å². The molecule has 2 aliphatic heterocycles. The number of halogens is 1. The summed E-state index contributed by atoms with van der Waals surface area (Å²) in [4.78, 5) is 40.7. The molecule has 2 fully saturated rings. The summed E-state index contributed by atoms with van der Waals surface area (Å²) >= 11 is 3.39. The highest BCUT2D eigenvalue weighted by Crippen LogP contribution is 2.22. The van der Waals surface area contributed by atoms with Crippen LogP contribution in [0.5, 0.6) is 0 Å². The van der Waals surface area contributed by atoms with Crippen LogP contribution in [0, 0.1) is 5.92 Å². The SMILES string of the molecule is CC(C)N1CC(C(=O)NC2CCN(C(=O)c3cccc(Br)c3)CC2)CC1=O. The molecule has 7 heteroatoms. The highest BCUT2D eigenvalue weighted by atomic mass is 79.9. The van der Waals surface area contributed by atoms with E-state index >= 15 is 0 Å². The van der Waals surface area contributed by atoms with Gasteiger partial charge in [-0.3, -0.25) is 14.4 Å². The first-order valence-electron chi connectivity index (χ1n) is 9.50. The van der Waals surface area contributed by atoms with Crippen molar-refractivity contribution >= 4 is 33.7 Å². The maximum absolute atomic E-state index is 12.6. The summed E-state index contributed by atoms with van der Waals surface area (Å²) in [6.07, 6.45) is 1.77. The van der Waals surface area contributed by atoms with Gasteiger partial charge in [-0.1, -0.05) is 22.0 Å². The second-order valence-corrected chi connectivity index (χ2v) is 8.54. The molecule has 1 aromatic rings. The van der Waals surface area contributed by atoms with E-state index in [9.17, 15) is 14.4 Å². The lowest BCUT2D eigenvalue weighted by Gasteiger charge is -2.33. The molecular formula is C20H26BrN3O3. The predicted octanol–water partition coefficient (Wildman–Crippen LogP) is 2.43. The Bertz CT molecular complexity index is 729. The van der Waals surface area contributed by atoms with Gasteiger partial charge in [-0.05, 0) is 44.9 Å². The maximum Gasteiger partial charge on any atom is 0.253 e. The van der Waals surface area contributed by atoms with Crippen LogP contribution in [0.1, 0.15) is 43.5 Å². The Morgan fingerprint density at radius 2 is 1.93 bits per heavy atom. The van der Waals surface area contributed by atoms with Crippen LogP contribution in [0.4, 0.5) is 0 Å². The summed E-state index contributed by atoms with van der Waals surface area (Å²) in [5.41, 5.74) is 0.671. The standard InChI is InChI=1S/C20H26BrN3O3/c1-13(2)24-12-15(11-18(24)25)19(26)22-17-6-8-23(9-7-17)20(27)14-4-3-5-16(21)10-14/h3-5,10,13,15,17H,6-9,11-12H2,1-2H3,(H,22,26). The third kappa shape index (κ3) is 4.69. The highest BCUT2D eigenvalue weighted by molar-refractivity contribution is 9.10. The second-order valence-electron chi connectivity index (χ2n) is 7.63. The molecule has 27 heavy (non-hydrogen) atoms. The highest BCUT2D eigenvalue weighted by Gasteiger charge is 2.36. The van der Waals surface area contributed by atoms with E-state index in [4.69, 9.17) is 0 Å². The smallest absolute Gasteiger partial charge is 0.253 e. The fourth-order valence-corrected chi connectivity index (χ4v) is 4.16. The molecular weight excluding hydrogens is 410 g/mol. The van der Waals surface area contributed by atoms with E-state index in [0.29, 0.717) is 31.6 Å². The van der Waals surface area contributed by atoms with Crippen LogP contribution in [0.25, 0.3) is 0 Å². The fourth-order valence-electron chi connectivity index (χ4n) is 3.76. The molecule has 0 aliphatic carbocycles. The molecule has 3 rings (SSSR count). The first-order valence-corrected chi connectivity index (χ1v) is 10.3. The van der Waals surface area contributed by atoms with Crippen molar-refractivity contribution < 1.29 is 14.4 Å². The minimum absolute atomic E-state index is 0.0232. The van der Waals surface area contributed by atoms with Crippen molar-refractivity contribution in [2.24, 2.45) is 5.92 Å². The van der Waals surface area contributed by atoms with E-state index in [2.05, 4.69) is 21.2 Å². The number of nitrogens with one attached hydrogen (secondary N) is 1. The monoisotopic (exact) mass is 435 g/mol. The third-order valence-electron chi connectivity index (χ3n) is 5.35. The Kier molecular flexibility index (Phi) is 6.19. The average molecular weight is 436 g/mol. The first kappa shape index (κ1) is 19.9. The number of carbonyl (C=O) groups excluding carboxylic acids is 3. The van der Waals surface area contributed by atoms with Gasteiger partial charge in [-0.2, -0.15) is 0 Å². The molecule has 2 heterocycles. The molecule has 1 unspecified atom stereocenters. The van der Waals surface area contributed by atoms with Crippen LogP contribution in [0.15, 0.2) is 28.7 Å². The molecule has 0 bridgehead atoms. The molecule has 1 aromatic carbocycles. The van der Waals surface area contributed by atoms with Crippen molar-refractivity contribution in [2.75, 3.05) is 19.6 Å². The quantitative estimate of drug-likeness (QED) is 0.789. The van der Waals surface area contributed by atoms with Crippen LogP contribution in [0.3, 0.4) is 0 Å². The van der Waals surface area contributed by atoms with E-state index in [-0.39, 0.29) is 35.7 Å². The number of rotatable bonds is 4. The number of piperidine rings is 1. The average Bonchev–Trinajstić information content (AvgIpc) is 3.04. The van der Waals surface area contributed by atoms with Gasteiger partial charge in [0.15, 0.2) is 0 Å². The molecule has 0 radical (unpaired) electrons. The van der Waals surface area contributed by atoms with E-state index in [1.54, 1.807) is 4.90 Å². The van der Waals surface area contributed by atoms with Gasteiger partial charge >= 0.3 is 0 Å². The zero-order valence-corrected chi connectivity index (χ0v) is 17.4. The molecule has 6 nitrogen and oxygen atoms in total. The van der Waals surface area contributed by atoms with Crippen LogP contribution < -0.4 is 5.32 Å². The Labute approximate surface area is 168 Å². The van der Waals surface area contributed by atoms with Crippen molar-refractivity contribution in [3.05, 3.63) is 34.3 Å². The number of nitrogens with zero attached hydrogens (tertiary/aromatic N) is 2. The molecule has 0 saturated carbocycles. The molecule has 2 aliphatic rings. The van der Waals surface area contributed by atoms with E-state index in [1.165, 1.54) is 0 Å². The van der Waals surface area contributed by atoms with E-state index in [1.807, 2.05) is 43.0 Å². The number of carbonyl (C=O) groups is 3. The zero-order chi connectivity index (χ0) is 19.6. The molecule has 2 saturated heterocycles. The van der Waals surface area contributed by atoms with Gasteiger partial charge in [0.05, 0.1) is 5.92 Å². The van der Waals surface area contributed by atoms with Gasteiger partial charge in [0.25, 0.3) is 5.91 Å². The van der Waals surface area contributed by atoms with Crippen molar-refractivity contribution in [1.82, 2.24) is 15.1 Å². The summed E-state index contributed by atoms with van der Waals surface area (Å²) in [6.45, 7) is 5.69. The molecule has 146 valence electrons. The minimum atomic E-state index is -0.263. The van der Waals surface area contributed by atoms with Crippen molar-refractivity contribution in [1.29, 1.82) is 0 Å². The largest absolute Gasteiger partial charge is 0.353 e. The number of hydrogen-bond acceptors (Lipinski definition) is 3. The van der Waals surface area contributed by atoms with Crippen LogP contribution in [-0.2, 0) is 9.59 Å². The number of amides is 3. The summed E-state index contributed by atoms with van der Waals surface area (Å²) in [6, 6.07) is 7.59. The minimum Gasteiger partial charge on any atom is -0.353 e. The maximum atomic E-state index is 12.6. The summed E-state index contributed by atoms with van der Waals surface area (Å²) in [5, 5.41) is 3.09. The topological polar surface area (TPSA) is 69.7 Å². The van der Waals surface area contributed by atoms with Gasteiger partial charge in [0.2, 0.25) is 11.8 Å². The van der Waals surface area contributed by atoms with Gasteiger partial charge in [0, 0.05) is 48.2 Å². The zero-order valence-electron chi connectivity index (χ0n) is 15.8. The molecule has 0 spiro atoms. The number of hydrogen-bond donors (Lipinski definition) is 1. The number of likely N-dealkylation sites (tertiary alicyclic amines) is 2. The van der Waals surface area contributed by atoms with E-state index in [0.717, 1.165) is 17.3 Å². The molecule has 1 atom stereocenters. The Balaban J connectivity index is 1.49. The van der Waals surface area contributed by atoms with Crippen LogP contribution in [-0.4, -0.2) is 59.2 Å². The third-order valence-corrected chi connectivity index (χ3v) is 5.85. The predicted molar refractivity (Wildman–Crippen MR) is 106 cm³/mol. The van der Waals surface area contributed by atoms with Crippen molar-refractivity contribution in [3.8, 4) is 0 Å². The first-order chi connectivity index (χ1) is 12.8. The molecule has 3 amide bonds. The Morgan fingerprint density at radius 1 is 1.22 bits per heavy atom. The summed E-state index contributed by atoms with van der Waals surface area (Å²) in [7, 11) is 0. The molecule has 0 aromatic heterocycles. The second kappa shape index (κ2) is 8.42.